The number of carboxylic acids is 1. The molecule has 0 saturated carbocycles. The number of carbonyl (C=O) groups is 6. The number of rotatable bonds is 21. The molecule has 5 amide bonds. The molecule has 19 heteroatoms. The van der Waals surface area contributed by atoms with Crippen molar-refractivity contribution in [3.63, 3.8) is 0 Å². The zero-order valence-electron chi connectivity index (χ0n) is 26.2. The molecule has 0 radical (unpaired) electrons. The highest BCUT2D eigenvalue weighted by molar-refractivity contribution is 5.97. The van der Waals surface area contributed by atoms with Crippen LogP contribution in [0.2, 0.25) is 0 Å². The van der Waals surface area contributed by atoms with Gasteiger partial charge in [0.05, 0.1) is 12.5 Å². The maximum atomic E-state index is 13.4. The molecule has 19 nitrogen and oxygen atoms in total. The van der Waals surface area contributed by atoms with Crippen molar-refractivity contribution in [2.24, 2.45) is 56.2 Å². The van der Waals surface area contributed by atoms with Gasteiger partial charge in [-0.25, -0.2) is 4.79 Å². The smallest absolute Gasteiger partial charge is 0.326 e. The zero-order chi connectivity index (χ0) is 34.9. The second-order valence-electron chi connectivity index (χ2n) is 11.1. The summed E-state index contributed by atoms with van der Waals surface area (Å²) >= 11 is 0. The summed E-state index contributed by atoms with van der Waals surface area (Å²) in [5.74, 6) is -6.64. The van der Waals surface area contributed by atoms with Crippen LogP contribution >= 0.6 is 0 Å². The zero-order valence-corrected chi connectivity index (χ0v) is 26.2. The van der Waals surface area contributed by atoms with Crippen LogP contribution in [0.4, 0.5) is 0 Å². The van der Waals surface area contributed by atoms with E-state index in [-0.39, 0.29) is 44.3 Å². The van der Waals surface area contributed by atoms with Gasteiger partial charge >= 0.3 is 5.97 Å². The largest absolute Gasteiger partial charge is 0.480 e. The molecule has 0 fully saturated rings. The van der Waals surface area contributed by atoms with E-state index < -0.39 is 84.0 Å². The molecule has 0 aliphatic carbocycles. The molecular formula is C26H50N12O7. The van der Waals surface area contributed by atoms with Crippen molar-refractivity contribution in [1.82, 2.24) is 21.3 Å². The van der Waals surface area contributed by atoms with E-state index in [2.05, 4.69) is 31.3 Å². The van der Waals surface area contributed by atoms with Crippen LogP contribution in [0.3, 0.4) is 0 Å². The first-order valence-electron chi connectivity index (χ1n) is 14.5. The van der Waals surface area contributed by atoms with E-state index in [4.69, 9.17) is 34.4 Å². The van der Waals surface area contributed by atoms with Crippen molar-refractivity contribution in [3.8, 4) is 0 Å². The summed E-state index contributed by atoms with van der Waals surface area (Å²) in [6.07, 6.45) is 0.204. The van der Waals surface area contributed by atoms with Crippen LogP contribution in [-0.4, -0.2) is 95.8 Å². The molecule has 17 N–H and O–H groups in total. The predicted molar refractivity (Wildman–Crippen MR) is 167 cm³/mol. The fourth-order valence-electron chi connectivity index (χ4n) is 3.93. The summed E-state index contributed by atoms with van der Waals surface area (Å²) in [6.45, 7) is 6.80. The van der Waals surface area contributed by atoms with Gasteiger partial charge in [0.1, 0.15) is 24.2 Å². The molecule has 0 bridgehead atoms. The van der Waals surface area contributed by atoms with Crippen LogP contribution in [-0.2, 0) is 28.8 Å². The fraction of sp³-hybridized carbons (Fsp3) is 0.692. The molecule has 0 aromatic heterocycles. The molecule has 256 valence electrons. The Morgan fingerprint density at radius 3 is 1.51 bits per heavy atom. The standard InChI is InChI=1S/C26H50N12O7/c1-12(2)18(37-22(42)16(11-17(28)39)36-20(40)14(27)7-5-9-33-25(29)30)23(43)35-15(8-6-10-34-26(31)32)21(41)38-19(13(3)4)24(44)45/h12-16,18-19H,5-11,27H2,1-4H3,(H2,28,39)(H,35,43)(H,36,40)(H,37,42)(H,38,41)(H,44,45)(H4,29,30,33)(H4,31,32,34)/t14-,15-,16-,18-,19-/m0/s1. The Hall–Kier alpha value is -4.68. The summed E-state index contributed by atoms with van der Waals surface area (Å²) in [6, 6.07) is -6.22. The number of carboxylic acid groups (broad SMARTS) is 1. The molecule has 45 heavy (non-hydrogen) atoms. The molecule has 0 unspecified atom stereocenters. The van der Waals surface area contributed by atoms with Gasteiger partial charge in [0.2, 0.25) is 29.5 Å². The van der Waals surface area contributed by atoms with Gasteiger partial charge in [-0.05, 0) is 37.5 Å². The Balaban J connectivity index is 5.82. The second-order valence-corrected chi connectivity index (χ2v) is 11.1. The van der Waals surface area contributed by atoms with E-state index in [0.717, 1.165) is 0 Å². The van der Waals surface area contributed by atoms with Gasteiger partial charge in [0.25, 0.3) is 0 Å². The van der Waals surface area contributed by atoms with Gasteiger partial charge in [-0.15, -0.1) is 0 Å². The third-order valence-corrected chi connectivity index (χ3v) is 6.40. The highest BCUT2D eigenvalue weighted by Crippen LogP contribution is 2.09. The van der Waals surface area contributed by atoms with Crippen LogP contribution in [0.25, 0.3) is 0 Å². The Morgan fingerprint density at radius 1 is 0.622 bits per heavy atom. The van der Waals surface area contributed by atoms with Crippen LogP contribution in [0.1, 0.15) is 59.8 Å². The molecular weight excluding hydrogens is 592 g/mol. The summed E-state index contributed by atoms with van der Waals surface area (Å²) in [5, 5.41) is 19.3. The van der Waals surface area contributed by atoms with Gasteiger partial charge in [-0.1, -0.05) is 27.7 Å². The highest BCUT2D eigenvalue weighted by Gasteiger charge is 2.34. The van der Waals surface area contributed by atoms with E-state index in [1.54, 1.807) is 27.7 Å². The minimum absolute atomic E-state index is 0.0268. The van der Waals surface area contributed by atoms with E-state index in [1.807, 2.05) is 0 Å². The Morgan fingerprint density at radius 2 is 1.07 bits per heavy atom. The lowest BCUT2D eigenvalue weighted by Crippen LogP contribution is -2.60. The van der Waals surface area contributed by atoms with Crippen LogP contribution < -0.4 is 55.7 Å². The average molecular weight is 643 g/mol. The van der Waals surface area contributed by atoms with E-state index in [1.165, 1.54) is 0 Å². The first-order chi connectivity index (χ1) is 20.9. The van der Waals surface area contributed by atoms with Crippen molar-refractivity contribution in [3.05, 3.63) is 0 Å². The number of primary amides is 1. The lowest BCUT2D eigenvalue weighted by Gasteiger charge is -2.28. The number of guanidine groups is 2. The maximum absolute atomic E-state index is 13.4. The molecule has 0 saturated heterocycles. The van der Waals surface area contributed by atoms with Crippen molar-refractivity contribution < 1.29 is 33.9 Å². The molecule has 0 aliphatic heterocycles. The molecule has 0 rings (SSSR count). The van der Waals surface area contributed by atoms with Gasteiger partial charge < -0.3 is 60.8 Å². The van der Waals surface area contributed by atoms with Gasteiger partial charge in [-0.3, -0.25) is 34.0 Å². The van der Waals surface area contributed by atoms with Gasteiger partial charge in [0, 0.05) is 13.1 Å². The van der Waals surface area contributed by atoms with Crippen molar-refractivity contribution in [2.45, 2.75) is 90.0 Å². The van der Waals surface area contributed by atoms with E-state index in [9.17, 15) is 33.9 Å². The summed E-state index contributed by atoms with van der Waals surface area (Å²) in [7, 11) is 0. The van der Waals surface area contributed by atoms with Gasteiger partial charge in [0.15, 0.2) is 11.9 Å². The monoisotopic (exact) mass is 642 g/mol. The number of nitrogens with one attached hydrogen (secondary N) is 4. The fourth-order valence-corrected chi connectivity index (χ4v) is 3.93. The summed E-state index contributed by atoms with van der Waals surface area (Å²) in [4.78, 5) is 83.3. The van der Waals surface area contributed by atoms with Crippen LogP contribution in [0, 0.1) is 11.8 Å². The average Bonchev–Trinajstić information content (AvgIpc) is 2.92. The third-order valence-electron chi connectivity index (χ3n) is 6.40. The van der Waals surface area contributed by atoms with Crippen LogP contribution in [0.15, 0.2) is 9.98 Å². The van der Waals surface area contributed by atoms with Crippen LogP contribution in [0.5, 0.6) is 0 Å². The van der Waals surface area contributed by atoms with E-state index in [0.29, 0.717) is 6.42 Å². The van der Waals surface area contributed by atoms with Crippen molar-refractivity contribution in [2.75, 3.05) is 13.1 Å². The van der Waals surface area contributed by atoms with Crippen molar-refractivity contribution in [1.29, 1.82) is 0 Å². The molecule has 5 atom stereocenters. The van der Waals surface area contributed by atoms with E-state index >= 15 is 0 Å². The number of nitrogens with two attached hydrogens (primary N) is 6. The molecule has 0 aromatic rings. The first-order valence-corrected chi connectivity index (χ1v) is 14.5. The maximum Gasteiger partial charge on any atom is 0.326 e. The number of hydrogen-bond acceptors (Lipinski definition) is 9. The third kappa shape index (κ3) is 16.7. The second kappa shape index (κ2) is 20.3. The molecule has 0 aliphatic rings. The number of nitrogens with zero attached hydrogens (tertiary/aromatic N) is 2. The molecule has 0 aromatic carbocycles. The number of aliphatic imine (C=N–C) groups is 2. The topological polar surface area (TPSA) is 352 Å². The van der Waals surface area contributed by atoms with Crippen molar-refractivity contribution >= 4 is 47.4 Å². The minimum atomic E-state index is -1.46. The number of hydrogen-bond donors (Lipinski definition) is 11. The highest BCUT2D eigenvalue weighted by atomic mass is 16.4. The predicted octanol–water partition coefficient (Wildman–Crippen LogP) is -4.37. The lowest BCUT2D eigenvalue weighted by atomic mass is 10.00. The molecule has 0 heterocycles. The SMILES string of the molecule is CC(C)[C@H](NC(=O)[C@H](CCCN=C(N)N)NC(=O)[C@@H](NC(=O)[C@H](CC(N)=O)NC(=O)[C@@H](N)CCCN=C(N)N)C(C)C)C(=O)O. The number of aliphatic carboxylic acids is 1. The summed E-state index contributed by atoms with van der Waals surface area (Å²) < 4.78 is 0. The Bertz CT molecular complexity index is 1090. The molecule has 0 spiro atoms. The Kier molecular flexibility index (Phi) is 18.2. The quantitative estimate of drug-likeness (QED) is 0.0321. The normalized spacial score (nSPS) is 14.2. The summed E-state index contributed by atoms with van der Waals surface area (Å²) in [5.41, 5.74) is 32.4. The number of amides is 5. The first kappa shape index (κ1) is 40.3. The lowest BCUT2D eigenvalue weighted by molar-refractivity contribution is -0.143. The number of carbonyl (C=O) groups excluding carboxylic acids is 5. The van der Waals surface area contributed by atoms with Gasteiger partial charge in [-0.2, -0.15) is 0 Å². The minimum Gasteiger partial charge on any atom is -0.480 e. The Labute approximate surface area is 262 Å².